The largest absolute Gasteiger partial charge is 0.497 e. The van der Waals surface area contributed by atoms with Gasteiger partial charge in [0.1, 0.15) is 23.9 Å². The van der Waals surface area contributed by atoms with Crippen LogP contribution in [0.25, 0.3) is 10.4 Å². The summed E-state index contributed by atoms with van der Waals surface area (Å²) in [6.45, 7) is 8.47. The van der Waals surface area contributed by atoms with Crippen LogP contribution in [0.2, 0.25) is 0 Å². The van der Waals surface area contributed by atoms with E-state index in [0.717, 1.165) is 17.7 Å². The molecular formula is C29H43N5O6. The van der Waals surface area contributed by atoms with E-state index in [1.807, 2.05) is 38.1 Å². The van der Waals surface area contributed by atoms with Crippen molar-refractivity contribution in [1.29, 1.82) is 0 Å². The quantitative estimate of drug-likeness (QED) is 0.202. The molecular weight excluding hydrogens is 514 g/mol. The molecule has 2 heterocycles. The average Bonchev–Trinajstić information content (AvgIpc) is 3.42. The predicted octanol–water partition coefficient (Wildman–Crippen LogP) is 5.47. The highest BCUT2D eigenvalue weighted by atomic mass is 16.8. The van der Waals surface area contributed by atoms with Crippen molar-refractivity contribution in [3.8, 4) is 5.75 Å². The molecule has 11 nitrogen and oxygen atoms in total. The molecule has 7 atom stereocenters. The van der Waals surface area contributed by atoms with Gasteiger partial charge in [0.25, 0.3) is 0 Å². The molecule has 1 aromatic rings. The summed E-state index contributed by atoms with van der Waals surface area (Å²) in [5.74, 6) is 1.65. The van der Waals surface area contributed by atoms with Crippen molar-refractivity contribution in [3.05, 3.63) is 40.3 Å². The molecule has 220 valence electrons. The van der Waals surface area contributed by atoms with Gasteiger partial charge in [0.15, 0.2) is 5.79 Å². The number of fused-ring (bicyclic) bond motifs is 1. The molecule has 0 N–H and O–H groups in total. The first kappa shape index (κ1) is 30.1. The highest BCUT2D eigenvalue weighted by Gasteiger charge is 2.54. The average molecular weight is 558 g/mol. The lowest BCUT2D eigenvalue weighted by Gasteiger charge is -2.28. The molecule has 0 amide bonds. The number of hydrogen-bond acceptors (Lipinski definition) is 9. The van der Waals surface area contributed by atoms with E-state index in [4.69, 9.17) is 38.4 Å². The zero-order valence-corrected chi connectivity index (χ0v) is 24.6. The van der Waals surface area contributed by atoms with E-state index < -0.39 is 5.79 Å². The molecule has 4 rings (SSSR count). The Hall–Kier alpha value is -2.85. The van der Waals surface area contributed by atoms with Crippen LogP contribution >= 0.6 is 0 Å². The number of benzene rings is 1. The summed E-state index contributed by atoms with van der Waals surface area (Å²) in [5, 5.41) is 4.16. The molecule has 11 heteroatoms. The summed E-state index contributed by atoms with van der Waals surface area (Å²) in [5.41, 5.74) is 10.4. The topological polar surface area (TPSA) is 129 Å². The number of rotatable bonds is 11. The van der Waals surface area contributed by atoms with Crippen molar-refractivity contribution < 1.29 is 28.4 Å². The van der Waals surface area contributed by atoms with E-state index in [1.165, 1.54) is 0 Å². The number of ether oxygens (including phenoxy) is 6. The zero-order valence-electron chi connectivity index (χ0n) is 24.6. The second-order valence-electron chi connectivity index (χ2n) is 11.5. The highest BCUT2D eigenvalue weighted by molar-refractivity contribution is 5.94. The Bertz CT molecular complexity index is 1100. The van der Waals surface area contributed by atoms with Crippen LogP contribution in [0.3, 0.4) is 0 Å². The van der Waals surface area contributed by atoms with Crippen molar-refractivity contribution in [3.63, 3.8) is 0 Å². The summed E-state index contributed by atoms with van der Waals surface area (Å²) in [6.07, 6.45) is 2.22. The molecule has 1 aromatic carbocycles. The van der Waals surface area contributed by atoms with Gasteiger partial charge in [0.05, 0.1) is 40.1 Å². The monoisotopic (exact) mass is 557 g/mol. The molecule has 1 saturated carbocycles. The normalized spacial score (nSPS) is 29.7. The second-order valence-corrected chi connectivity index (χ2v) is 11.5. The maximum Gasteiger partial charge on any atom is 0.209 e. The fourth-order valence-corrected chi connectivity index (χ4v) is 5.90. The SMILES string of the molecule is COC1=N[C@H](C(C)C)C(OC)=N[C@H]1CC[C@@H](C[C@H]1C[C@H](OCc2ccc(OC)cc2)[C@@H]2OC(C)(C)O[C@H]12)N=[N+]=[N-]. The van der Waals surface area contributed by atoms with Crippen molar-refractivity contribution in [2.45, 2.75) is 102 Å². The van der Waals surface area contributed by atoms with Gasteiger partial charge in [0.2, 0.25) is 11.8 Å². The fourth-order valence-electron chi connectivity index (χ4n) is 5.90. The lowest BCUT2D eigenvalue weighted by atomic mass is 9.92. The van der Waals surface area contributed by atoms with E-state index in [9.17, 15) is 5.53 Å². The van der Waals surface area contributed by atoms with Gasteiger partial charge in [0, 0.05) is 11.0 Å². The van der Waals surface area contributed by atoms with Gasteiger partial charge >= 0.3 is 0 Å². The maximum atomic E-state index is 9.36. The molecule has 0 unspecified atom stereocenters. The Morgan fingerprint density at radius 2 is 1.73 bits per heavy atom. The minimum atomic E-state index is -0.701. The Balaban J connectivity index is 1.42. The minimum absolute atomic E-state index is 0.119. The van der Waals surface area contributed by atoms with Gasteiger partial charge < -0.3 is 28.4 Å². The molecule has 0 spiro atoms. The van der Waals surface area contributed by atoms with Gasteiger partial charge in [-0.3, -0.25) is 0 Å². The maximum absolute atomic E-state index is 9.36. The Kier molecular flexibility index (Phi) is 9.94. The number of aliphatic imine (C=N–C) groups is 2. The smallest absolute Gasteiger partial charge is 0.209 e. The number of hydrogen-bond donors (Lipinski definition) is 0. The summed E-state index contributed by atoms with van der Waals surface area (Å²) >= 11 is 0. The van der Waals surface area contributed by atoms with Crippen molar-refractivity contribution in [1.82, 2.24) is 0 Å². The summed E-state index contributed by atoms with van der Waals surface area (Å²) in [6, 6.07) is 7.16. The van der Waals surface area contributed by atoms with Gasteiger partial charge in [-0.05, 0) is 74.6 Å². The molecule has 0 radical (unpaired) electrons. The first-order valence-corrected chi connectivity index (χ1v) is 14.1. The van der Waals surface area contributed by atoms with Crippen molar-refractivity contribution in [2.75, 3.05) is 21.3 Å². The van der Waals surface area contributed by atoms with Crippen LogP contribution in [0.5, 0.6) is 5.75 Å². The third kappa shape index (κ3) is 7.07. The van der Waals surface area contributed by atoms with Crippen LogP contribution in [0.4, 0.5) is 0 Å². The van der Waals surface area contributed by atoms with Crippen LogP contribution in [-0.2, 0) is 30.3 Å². The van der Waals surface area contributed by atoms with Crippen LogP contribution < -0.4 is 4.74 Å². The first-order chi connectivity index (χ1) is 19.2. The second kappa shape index (κ2) is 13.2. The van der Waals surface area contributed by atoms with E-state index >= 15 is 0 Å². The molecule has 40 heavy (non-hydrogen) atoms. The first-order valence-electron chi connectivity index (χ1n) is 14.1. The molecule has 1 saturated heterocycles. The predicted molar refractivity (Wildman–Crippen MR) is 152 cm³/mol. The van der Waals surface area contributed by atoms with Crippen LogP contribution in [0.15, 0.2) is 39.4 Å². The Labute approximate surface area is 236 Å². The summed E-state index contributed by atoms with van der Waals surface area (Å²) in [4.78, 5) is 12.7. The van der Waals surface area contributed by atoms with Crippen LogP contribution in [0.1, 0.15) is 58.9 Å². The zero-order chi connectivity index (χ0) is 28.9. The Morgan fingerprint density at radius 1 is 1.02 bits per heavy atom. The lowest BCUT2D eigenvalue weighted by molar-refractivity contribution is -0.172. The van der Waals surface area contributed by atoms with Gasteiger partial charge in [-0.2, -0.15) is 0 Å². The van der Waals surface area contributed by atoms with Crippen LogP contribution in [-0.4, -0.2) is 75.3 Å². The summed E-state index contributed by atoms with van der Waals surface area (Å²) in [7, 11) is 4.89. The Morgan fingerprint density at radius 3 is 2.35 bits per heavy atom. The van der Waals surface area contributed by atoms with Crippen LogP contribution in [0, 0.1) is 11.8 Å². The molecule has 1 aliphatic carbocycles. The standard InChI is InChI=1S/C29H43N5O6/c1-17(2)24-28(37-7)31-22(27(32-24)36-6)13-10-20(33-34-30)14-19-15-23(26-25(19)39-29(3,4)40-26)38-16-18-8-11-21(35-5)12-9-18/h8-9,11-12,17,19-20,22-26H,10,13-16H2,1-7H3/t19-,20-,22-,23-,24+,25+,26-/m0/s1. The van der Waals surface area contributed by atoms with Gasteiger partial charge in [-0.1, -0.05) is 31.1 Å². The van der Waals surface area contributed by atoms with E-state index in [1.54, 1.807) is 21.3 Å². The van der Waals surface area contributed by atoms with E-state index in [2.05, 4.69) is 23.9 Å². The lowest BCUT2D eigenvalue weighted by Crippen LogP contribution is -2.37. The molecule has 0 bridgehead atoms. The number of azide groups is 1. The molecule has 3 aliphatic rings. The molecule has 2 fully saturated rings. The fraction of sp³-hybridized carbons (Fsp3) is 0.724. The van der Waals surface area contributed by atoms with Crippen molar-refractivity contribution in [2.24, 2.45) is 26.9 Å². The van der Waals surface area contributed by atoms with E-state index in [0.29, 0.717) is 37.7 Å². The van der Waals surface area contributed by atoms with E-state index in [-0.39, 0.29) is 48.3 Å². The van der Waals surface area contributed by atoms with Gasteiger partial charge in [-0.15, -0.1) is 0 Å². The molecule has 2 aliphatic heterocycles. The van der Waals surface area contributed by atoms with Crippen molar-refractivity contribution >= 4 is 11.8 Å². The third-order valence-electron chi connectivity index (χ3n) is 7.85. The highest BCUT2D eigenvalue weighted by Crippen LogP contribution is 2.45. The molecule has 0 aromatic heterocycles. The number of nitrogens with zero attached hydrogens (tertiary/aromatic N) is 5. The minimum Gasteiger partial charge on any atom is -0.497 e. The summed E-state index contributed by atoms with van der Waals surface area (Å²) < 4.78 is 35.4. The third-order valence-corrected chi connectivity index (χ3v) is 7.85. The van der Waals surface area contributed by atoms with Gasteiger partial charge in [-0.25, -0.2) is 9.98 Å². The number of methoxy groups -OCH3 is 3.